The first-order valence-electron chi connectivity index (χ1n) is 9.32. The van der Waals surface area contributed by atoms with E-state index in [1.54, 1.807) is 48.8 Å². The third kappa shape index (κ3) is 4.71. The predicted octanol–water partition coefficient (Wildman–Crippen LogP) is 4.80. The molecule has 1 amide bonds. The van der Waals surface area contributed by atoms with Crippen molar-refractivity contribution in [3.8, 4) is 23.0 Å². The summed E-state index contributed by atoms with van der Waals surface area (Å²) >= 11 is 8.68. The first-order chi connectivity index (χ1) is 15.5. The standard InChI is InChI=1S/C22H17BrN4O4S/c1-29-15-4-5-16(19(9-15)30-2)20(28)27-22(32)25-14-3-6-18-17(8-14)26-21(31-18)12-7-13(23)11-24-10-12/h3-11H,1-2H3,(H2,25,27,28,32). The van der Waals surface area contributed by atoms with E-state index >= 15 is 0 Å². The third-order valence-corrected chi connectivity index (χ3v) is 5.12. The minimum absolute atomic E-state index is 0.132. The van der Waals surface area contributed by atoms with E-state index in [9.17, 15) is 4.79 Å². The summed E-state index contributed by atoms with van der Waals surface area (Å²) in [6.07, 6.45) is 3.36. The summed E-state index contributed by atoms with van der Waals surface area (Å²) in [6, 6.07) is 12.1. The smallest absolute Gasteiger partial charge is 0.261 e. The Morgan fingerprint density at radius 3 is 2.69 bits per heavy atom. The van der Waals surface area contributed by atoms with Gasteiger partial charge in [-0.2, -0.15) is 0 Å². The van der Waals surface area contributed by atoms with Crippen LogP contribution in [-0.2, 0) is 0 Å². The number of nitrogens with zero attached hydrogens (tertiary/aromatic N) is 2. The Morgan fingerprint density at radius 1 is 1.09 bits per heavy atom. The van der Waals surface area contributed by atoms with Gasteiger partial charge in [0.05, 0.1) is 25.3 Å². The van der Waals surface area contributed by atoms with Crippen LogP contribution in [0.15, 0.2) is 63.7 Å². The summed E-state index contributed by atoms with van der Waals surface area (Å²) in [6.45, 7) is 0. The van der Waals surface area contributed by atoms with E-state index in [1.165, 1.54) is 14.2 Å². The predicted molar refractivity (Wildman–Crippen MR) is 128 cm³/mol. The molecule has 4 rings (SSSR count). The van der Waals surface area contributed by atoms with E-state index in [0.717, 1.165) is 10.0 Å². The van der Waals surface area contributed by atoms with Crippen LogP contribution in [0.2, 0.25) is 0 Å². The van der Waals surface area contributed by atoms with Crippen LogP contribution in [-0.4, -0.2) is 35.2 Å². The van der Waals surface area contributed by atoms with Gasteiger partial charge in [0.1, 0.15) is 17.0 Å². The van der Waals surface area contributed by atoms with Crippen molar-refractivity contribution in [1.82, 2.24) is 15.3 Å². The van der Waals surface area contributed by atoms with E-state index in [0.29, 0.717) is 39.7 Å². The molecule has 0 atom stereocenters. The number of pyridine rings is 1. The van der Waals surface area contributed by atoms with Gasteiger partial charge >= 0.3 is 0 Å². The van der Waals surface area contributed by atoms with Crippen LogP contribution in [0.5, 0.6) is 11.5 Å². The van der Waals surface area contributed by atoms with E-state index in [1.807, 2.05) is 6.07 Å². The van der Waals surface area contributed by atoms with Crippen LogP contribution in [0.25, 0.3) is 22.6 Å². The second-order valence-electron chi connectivity index (χ2n) is 6.57. The van der Waals surface area contributed by atoms with Crippen LogP contribution in [0, 0.1) is 0 Å². The minimum atomic E-state index is -0.408. The van der Waals surface area contributed by atoms with Gasteiger partial charge in [0.25, 0.3) is 5.91 Å². The van der Waals surface area contributed by atoms with Crippen LogP contribution in [0.3, 0.4) is 0 Å². The Bertz CT molecular complexity index is 1320. The molecule has 0 fully saturated rings. The maximum atomic E-state index is 12.6. The van der Waals surface area contributed by atoms with Crippen LogP contribution in [0.1, 0.15) is 10.4 Å². The van der Waals surface area contributed by atoms with E-state index in [-0.39, 0.29) is 5.11 Å². The molecule has 4 aromatic rings. The van der Waals surface area contributed by atoms with Crippen molar-refractivity contribution in [2.75, 3.05) is 19.5 Å². The lowest BCUT2D eigenvalue weighted by Gasteiger charge is -2.12. The molecule has 0 unspecified atom stereocenters. The number of nitrogens with one attached hydrogen (secondary N) is 2. The largest absolute Gasteiger partial charge is 0.497 e. The van der Waals surface area contributed by atoms with Gasteiger partial charge in [0, 0.05) is 28.6 Å². The van der Waals surface area contributed by atoms with Crippen molar-refractivity contribution < 1.29 is 18.7 Å². The molecule has 0 spiro atoms. The highest BCUT2D eigenvalue weighted by Gasteiger charge is 2.15. The lowest BCUT2D eigenvalue weighted by molar-refractivity contribution is 0.0974. The van der Waals surface area contributed by atoms with Crippen LogP contribution >= 0.6 is 28.1 Å². The average molecular weight is 513 g/mol. The van der Waals surface area contributed by atoms with Crippen LogP contribution < -0.4 is 20.1 Å². The topological polar surface area (TPSA) is 98.5 Å². The first kappa shape index (κ1) is 21.7. The highest BCUT2D eigenvalue weighted by molar-refractivity contribution is 9.10. The molecule has 0 aliphatic heterocycles. The molecule has 2 aromatic heterocycles. The van der Waals surface area contributed by atoms with E-state index in [2.05, 4.69) is 36.5 Å². The average Bonchev–Trinajstić information content (AvgIpc) is 3.22. The molecule has 0 aliphatic rings. The number of benzene rings is 2. The molecular weight excluding hydrogens is 496 g/mol. The number of hydrogen-bond donors (Lipinski definition) is 2. The molecule has 0 aliphatic carbocycles. The first-order valence-corrected chi connectivity index (χ1v) is 10.5. The zero-order chi connectivity index (χ0) is 22.7. The van der Waals surface area contributed by atoms with Crippen molar-refractivity contribution in [1.29, 1.82) is 0 Å². The van der Waals surface area contributed by atoms with E-state index in [4.69, 9.17) is 26.1 Å². The number of amides is 1. The zero-order valence-corrected chi connectivity index (χ0v) is 19.4. The van der Waals surface area contributed by atoms with E-state index < -0.39 is 5.91 Å². The lowest BCUT2D eigenvalue weighted by Crippen LogP contribution is -2.34. The van der Waals surface area contributed by atoms with Gasteiger partial charge < -0.3 is 19.2 Å². The number of halogens is 1. The summed E-state index contributed by atoms with van der Waals surface area (Å²) in [5.74, 6) is 1.00. The number of oxazole rings is 1. The second kappa shape index (κ2) is 9.33. The van der Waals surface area contributed by atoms with Crippen molar-refractivity contribution in [3.05, 3.63) is 64.9 Å². The number of aromatic nitrogens is 2. The van der Waals surface area contributed by atoms with Gasteiger partial charge in [-0.3, -0.25) is 15.1 Å². The van der Waals surface area contributed by atoms with Gasteiger partial charge in [0.15, 0.2) is 10.7 Å². The third-order valence-electron chi connectivity index (χ3n) is 4.48. The molecule has 2 N–H and O–H groups in total. The molecule has 2 aromatic carbocycles. The van der Waals surface area contributed by atoms with Gasteiger partial charge in [-0.1, -0.05) is 0 Å². The van der Waals surface area contributed by atoms with Gasteiger partial charge in [-0.25, -0.2) is 4.98 Å². The zero-order valence-electron chi connectivity index (χ0n) is 17.0. The second-order valence-corrected chi connectivity index (χ2v) is 7.89. The van der Waals surface area contributed by atoms with Gasteiger partial charge in [0.2, 0.25) is 5.89 Å². The summed E-state index contributed by atoms with van der Waals surface area (Å²) in [4.78, 5) is 21.3. The molecular formula is C22H17BrN4O4S. The van der Waals surface area contributed by atoms with Gasteiger partial charge in [-0.05, 0) is 64.5 Å². The maximum absolute atomic E-state index is 12.6. The minimum Gasteiger partial charge on any atom is -0.497 e. The molecule has 0 radical (unpaired) electrons. The Morgan fingerprint density at radius 2 is 1.94 bits per heavy atom. The number of carbonyl (C=O) groups excluding carboxylic acids is 1. The lowest BCUT2D eigenvalue weighted by atomic mass is 10.2. The van der Waals surface area contributed by atoms with Crippen molar-refractivity contribution in [3.63, 3.8) is 0 Å². The molecule has 8 nitrogen and oxygen atoms in total. The number of rotatable bonds is 5. The fourth-order valence-electron chi connectivity index (χ4n) is 2.98. The van der Waals surface area contributed by atoms with Crippen molar-refractivity contribution in [2.45, 2.75) is 0 Å². The SMILES string of the molecule is COc1ccc(C(=O)NC(=S)Nc2ccc3oc(-c4cncc(Br)c4)nc3c2)c(OC)c1. The molecule has 2 heterocycles. The fraction of sp³-hybridized carbons (Fsp3) is 0.0909. The summed E-state index contributed by atoms with van der Waals surface area (Å²) in [5, 5.41) is 5.76. The number of thiocarbonyl (C=S) groups is 1. The summed E-state index contributed by atoms with van der Waals surface area (Å²) in [7, 11) is 3.02. The van der Waals surface area contributed by atoms with Crippen LogP contribution in [0.4, 0.5) is 5.69 Å². The molecule has 10 heteroatoms. The maximum Gasteiger partial charge on any atom is 0.261 e. The Kier molecular flexibility index (Phi) is 6.33. The molecule has 162 valence electrons. The number of fused-ring (bicyclic) bond motifs is 1. The highest BCUT2D eigenvalue weighted by Crippen LogP contribution is 2.27. The molecule has 0 saturated carbocycles. The number of carbonyl (C=O) groups is 1. The summed E-state index contributed by atoms with van der Waals surface area (Å²) < 4.78 is 17.1. The van der Waals surface area contributed by atoms with Crippen molar-refractivity contribution in [2.24, 2.45) is 0 Å². The monoisotopic (exact) mass is 512 g/mol. The normalized spacial score (nSPS) is 10.6. The molecule has 32 heavy (non-hydrogen) atoms. The molecule has 0 bridgehead atoms. The number of hydrogen-bond acceptors (Lipinski definition) is 7. The van der Waals surface area contributed by atoms with Crippen molar-refractivity contribution >= 4 is 56.0 Å². The fourth-order valence-corrected chi connectivity index (χ4v) is 3.55. The molecule has 0 saturated heterocycles. The summed E-state index contributed by atoms with van der Waals surface area (Å²) in [5.41, 5.74) is 2.98. The number of anilines is 1. The quantitative estimate of drug-likeness (QED) is 0.368. The number of methoxy groups -OCH3 is 2. The highest BCUT2D eigenvalue weighted by atomic mass is 79.9. The number of ether oxygens (including phenoxy) is 2. The van der Waals surface area contributed by atoms with Gasteiger partial charge in [-0.15, -0.1) is 0 Å². The Hall–Kier alpha value is -3.50. The Balaban J connectivity index is 1.48. The Labute approximate surface area is 197 Å².